The lowest BCUT2D eigenvalue weighted by molar-refractivity contribution is -0.125. The number of nitrogens with one attached hydrogen (secondary N) is 2. The predicted octanol–water partition coefficient (Wildman–Crippen LogP) is 2.54. The van der Waals surface area contributed by atoms with Gasteiger partial charge in [0, 0.05) is 13.0 Å². The molecule has 0 aliphatic carbocycles. The first-order valence-corrected chi connectivity index (χ1v) is 8.36. The Labute approximate surface area is 139 Å². The maximum absolute atomic E-state index is 12.0. The molecule has 0 spiro atoms. The predicted molar refractivity (Wildman–Crippen MR) is 92.5 cm³/mol. The molecule has 0 radical (unpaired) electrons. The highest BCUT2D eigenvalue weighted by atomic mass is 16.2. The number of carbonyl (C=O) groups is 2. The molecule has 1 fully saturated rings. The van der Waals surface area contributed by atoms with Crippen LogP contribution in [0, 0.1) is 13.8 Å². The van der Waals surface area contributed by atoms with E-state index >= 15 is 0 Å². The van der Waals surface area contributed by atoms with Gasteiger partial charge < -0.3 is 10.6 Å². The van der Waals surface area contributed by atoms with E-state index in [9.17, 15) is 9.59 Å². The summed E-state index contributed by atoms with van der Waals surface area (Å²) in [7, 11) is 0. The van der Waals surface area contributed by atoms with Gasteiger partial charge in [0.15, 0.2) is 0 Å². The second kappa shape index (κ2) is 6.73. The van der Waals surface area contributed by atoms with Crippen LogP contribution in [0.25, 0.3) is 0 Å². The number of hydrogen-bond acceptors (Lipinski definition) is 2. The number of hydrogen-bond donors (Lipinski definition) is 2. The van der Waals surface area contributed by atoms with Crippen molar-refractivity contribution in [2.75, 3.05) is 6.54 Å². The van der Waals surface area contributed by atoms with Crippen molar-refractivity contribution in [3.63, 3.8) is 0 Å². The molecular weight excluding hydrogens is 288 g/mol. The van der Waals surface area contributed by atoms with Gasteiger partial charge in [-0.05, 0) is 54.4 Å². The van der Waals surface area contributed by atoms with Crippen LogP contribution in [0.2, 0.25) is 0 Å². The average molecular weight is 316 g/mol. The van der Waals surface area contributed by atoms with E-state index in [4.69, 9.17) is 0 Å². The maximum Gasteiger partial charge on any atom is 0.242 e. The van der Waals surface area contributed by atoms with Gasteiger partial charge in [-0.3, -0.25) is 9.59 Å². The summed E-state index contributed by atoms with van der Waals surface area (Å²) in [5.41, 5.74) is 5.34. The number of aryl methyl sites for hydroxylation is 2. The van der Waals surface area contributed by atoms with Crippen molar-refractivity contribution >= 4 is 11.8 Å². The highest BCUT2D eigenvalue weighted by Gasteiger charge is 2.26. The van der Waals surface area contributed by atoms with Crippen LogP contribution >= 0.6 is 0 Å². The van der Waals surface area contributed by atoms with Gasteiger partial charge in [0.25, 0.3) is 0 Å². The number of carbonyl (C=O) groups excluding carboxylic acids is 2. The van der Waals surface area contributed by atoms with Crippen molar-refractivity contribution in [1.29, 1.82) is 0 Å². The second-order valence-corrected chi connectivity index (χ2v) is 7.54. The summed E-state index contributed by atoms with van der Waals surface area (Å²) in [5, 5.41) is 5.64. The van der Waals surface area contributed by atoms with Gasteiger partial charge in [-0.2, -0.15) is 0 Å². The summed E-state index contributed by atoms with van der Waals surface area (Å²) >= 11 is 0. The molecule has 1 unspecified atom stereocenters. The van der Waals surface area contributed by atoms with Gasteiger partial charge in [0.05, 0.1) is 0 Å². The van der Waals surface area contributed by atoms with Crippen LogP contribution in [-0.4, -0.2) is 24.4 Å². The molecule has 0 saturated carbocycles. The fraction of sp³-hybridized carbons (Fsp3) is 0.579. The van der Waals surface area contributed by atoms with E-state index < -0.39 is 0 Å². The highest BCUT2D eigenvalue weighted by molar-refractivity contribution is 5.90. The van der Waals surface area contributed by atoms with E-state index in [0.29, 0.717) is 19.4 Å². The van der Waals surface area contributed by atoms with Gasteiger partial charge in [-0.15, -0.1) is 0 Å². The van der Waals surface area contributed by atoms with Crippen molar-refractivity contribution in [3.05, 3.63) is 34.4 Å². The molecule has 4 nitrogen and oxygen atoms in total. The third kappa shape index (κ3) is 4.34. The van der Waals surface area contributed by atoms with Gasteiger partial charge in [0.2, 0.25) is 11.8 Å². The summed E-state index contributed by atoms with van der Waals surface area (Å²) in [4.78, 5) is 23.2. The summed E-state index contributed by atoms with van der Waals surface area (Å²) < 4.78 is 0. The molecule has 23 heavy (non-hydrogen) atoms. The van der Waals surface area contributed by atoms with Crippen molar-refractivity contribution < 1.29 is 9.59 Å². The van der Waals surface area contributed by atoms with Crippen LogP contribution in [0.4, 0.5) is 0 Å². The molecule has 1 aliphatic heterocycles. The number of amides is 2. The standard InChI is InChI=1S/C19H28N2O2/c1-12-10-14(19(3,4)5)11-13(2)15(12)8-9-20-18(23)16-6-7-17(22)21-16/h10-11,16H,6-9H2,1-5H3,(H,20,23)(H,21,22). The van der Waals surface area contributed by atoms with Crippen molar-refractivity contribution in [2.45, 2.75) is 65.3 Å². The average Bonchev–Trinajstić information content (AvgIpc) is 2.87. The van der Waals surface area contributed by atoms with E-state index in [1.807, 2.05) is 0 Å². The summed E-state index contributed by atoms with van der Waals surface area (Å²) in [6, 6.07) is 4.15. The molecule has 0 aromatic heterocycles. The lowest BCUT2D eigenvalue weighted by Gasteiger charge is -2.22. The Hall–Kier alpha value is -1.84. The topological polar surface area (TPSA) is 58.2 Å². The molecule has 1 aliphatic rings. The van der Waals surface area contributed by atoms with Crippen LogP contribution in [-0.2, 0) is 21.4 Å². The van der Waals surface area contributed by atoms with Crippen LogP contribution < -0.4 is 10.6 Å². The normalized spacial score (nSPS) is 18.0. The Morgan fingerprint density at radius 2 is 1.87 bits per heavy atom. The third-order valence-electron chi connectivity index (χ3n) is 4.55. The van der Waals surface area contributed by atoms with Crippen LogP contribution in [0.3, 0.4) is 0 Å². The quantitative estimate of drug-likeness (QED) is 0.897. The van der Waals surface area contributed by atoms with Gasteiger partial charge in [-0.25, -0.2) is 0 Å². The van der Waals surface area contributed by atoms with E-state index in [1.54, 1.807) is 0 Å². The smallest absolute Gasteiger partial charge is 0.242 e. The maximum atomic E-state index is 12.0. The minimum absolute atomic E-state index is 0.0328. The lowest BCUT2D eigenvalue weighted by atomic mass is 9.83. The van der Waals surface area contributed by atoms with Gasteiger partial charge in [0.1, 0.15) is 6.04 Å². The monoisotopic (exact) mass is 316 g/mol. The Kier molecular flexibility index (Phi) is 5.12. The largest absolute Gasteiger partial charge is 0.354 e. The molecule has 0 bridgehead atoms. The second-order valence-electron chi connectivity index (χ2n) is 7.54. The minimum Gasteiger partial charge on any atom is -0.354 e. The molecule has 1 heterocycles. The van der Waals surface area contributed by atoms with Gasteiger partial charge in [-0.1, -0.05) is 32.9 Å². The van der Waals surface area contributed by atoms with Crippen molar-refractivity contribution in [2.24, 2.45) is 0 Å². The Morgan fingerprint density at radius 3 is 2.35 bits per heavy atom. The Morgan fingerprint density at radius 1 is 1.26 bits per heavy atom. The van der Waals surface area contributed by atoms with Crippen molar-refractivity contribution in [1.82, 2.24) is 10.6 Å². The first kappa shape index (κ1) is 17.5. The molecule has 1 atom stereocenters. The van der Waals surface area contributed by atoms with E-state index in [0.717, 1.165) is 6.42 Å². The summed E-state index contributed by atoms with van der Waals surface area (Å²) in [5.74, 6) is -0.105. The third-order valence-corrected chi connectivity index (χ3v) is 4.55. The zero-order valence-corrected chi connectivity index (χ0v) is 14.9. The molecule has 4 heteroatoms. The minimum atomic E-state index is -0.354. The Bertz CT molecular complexity index is 591. The zero-order chi connectivity index (χ0) is 17.2. The highest BCUT2D eigenvalue weighted by Crippen LogP contribution is 2.27. The van der Waals surface area contributed by atoms with E-state index in [1.165, 1.54) is 22.3 Å². The van der Waals surface area contributed by atoms with Gasteiger partial charge >= 0.3 is 0 Å². The molecule has 1 aromatic rings. The van der Waals surface area contributed by atoms with E-state index in [-0.39, 0.29) is 23.3 Å². The molecular formula is C19H28N2O2. The molecule has 126 valence electrons. The van der Waals surface area contributed by atoms with Crippen LogP contribution in [0.1, 0.15) is 55.9 Å². The molecule has 1 aromatic carbocycles. The number of rotatable bonds is 4. The summed E-state index contributed by atoms with van der Waals surface area (Å²) in [6.07, 6.45) is 1.86. The summed E-state index contributed by atoms with van der Waals surface area (Å²) in [6.45, 7) is 11.5. The first-order chi connectivity index (χ1) is 10.7. The SMILES string of the molecule is Cc1cc(C(C)(C)C)cc(C)c1CCNC(=O)C1CCC(=O)N1. The zero-order valence-electron chi connectivity index (χ0n) is 14.9. The lowest BCUT2D eigenvalue weighted by Crippen LogP contribution is -2.42. The van der Waals surface area contributed by atoms with Crippen molar-refractivity contribution in [3.8, 4) is 0 Å². The molecule has 2 amide bonds. The molecule has 2 N–H and O–H groups in total. The fourth-order valence-corrected chi connectivity index (χ4v) is 3.07. The Balaban J connectivity index is 1.96. The van der Waals surface area contributed by atoms with Crippen LogP contribution in [0.5, 0.6) is 0 Å². The first-order valence-electron chi connectivity index (χ1n) is 8.36. The fourth-order valence-electron chi connectivity index (χ4n) is 3.07. The molecule has 1 saturated heterocycles. The van der Waals surface area contributed by atoms with Crippen LogP contribution in [0.15, 0.2) is 12.1 Å². The molecule has 2 rings (SSSR count). The van der Waals surface area contributed by atoms with E-state index in [2.05, 4.69) is 57.4 Å². The number of benzene rings is 1.